The summed E-state index contributed by atoms with van der Waals surface area (Å²) in [4.78, 5) is 4.43. The van der Waals surface area contributed by atoms with E-state index in [0.29, 0.717) is 12.1 Å². The molecule has 0 aliphatic heterocycles. The van der Waals surface area contributed by atoms with Crippen molar-refractivity contribution in [1.82, 2.24) is 10.3 Å². The van der Waals surface area contributed by atoms with Gasteiger partial charge < -0.3 is 5.32 Å². The lowest BCUT2D eigenvalue weighted by Crippen LogP contribution is -2.19. The molecular formula is C16H19FN2. The average Bonchev–Trinajstić information content (AvgIpc) is 2.39. The molecule has 19 heavy (non-hydrogen) atoms. The summed E-state index contributed by atoms with van der Waals surface area (Å²) in [6.45, 7) is 6.45. The molecule has 2 rings (SSSR count). The van der Waals surface area contributed by atoms with Crippen LogP contribution in [0.3, 0.4) is 0 Å². The summed E-state index contributed by atoms with van der Waals surface area (Å²) < 4.78 is 13.5. The maximum Gasteiger partial charge on any atom is 0.126 e. The van der Waals surface area contributed by atoms with Crippen molar-refractivity contribution in [3.63, 3.8) is 0 Å². The number of aromatic nitrogens is 1. The first-order chi connectivity index (χ1) is 9.06. The molecule has 0 bridgehead atoms. The van der Waals surface area contributed by atoms with E-state index in [1.807, 2.05) is 44.2 Å². The first-order valence-corrected chi connectivity index (χ1v) is 6.48. The van der Waals surface area contributed by atoms with Crippen LogP contribution < -0.4 is 5.32 Å². The lowest BCUT2D eigenvalue weighted by atomic mass is 10.1. The van der Waals surface area contributed by atoms with E-state index in [4.69, 9.17) is 0 Å². The van der Waals surface area contributed by atoms with Crippen molar-refractivity contribution >= 4 is 0 Å². The Labute approximate surface area is 113 Å². The van der Waals surface area contributed by atoms with Crippen molar-refractivity contribution in [2.75, 3.05) is 0 Å². The fraction of sp³-hybridized carbons (Fsp3) is 0.312. The van der Waals surface area contributed by atoms with E-state index in [-0.39, 0.29) is 11.9 Å². The zero-order valence-corrected chi connectivity index (χ0v) is 11.6. The van der Waals surface area contributed by atoms with Gasteiger partial charge in [0.15, 0.2) is 0 Å². The highest BCUT2D eigenvalue weighted by molar-refractivity contribution is 5.25. The van der Waals surface area contributed by atoms with E-state index in [0.717, 1.165) is 17.0 Å². The van der Waals surface area contributed by atoms with Gasteiger partial charge in [-0.2, -0.15) is 0 Å². The zero-order chi connectivity index (χ0) is 13.8. The standard InChI is InChI=1S/C16H19FN2/c1-11-7-8-14(9-16(11)17)13(3)18-10-15-6-4-5-12(2)19-15/h4-9,13,18H,10H2,1-3H3. The Morgan fingerprint density at radius 3 is 2.68 bits per heavy atom. The molecule has 1 atom stereocenters. The summed E-state index contributed by atoms with van der Waals surface area (Å²) in [5.41, 5.74) is 3.64. The summed E-state index contributed by atoms with van der Waals surface area (Å²) in [7, 11) is 0. The number of hydrogen-bond acceptors (Lipinski definition) is 2. The maximum atomic E-state index is 13.5. The van der Waals surface area contributed by atoms with Crippen molar-refractivity contribution in [3.8, 4) is 0 Å². The Morgan fingerprint density at radius 2 is 2.00 bits per heavy atom. The minimum atomic E-state index is -0.153. The number of nitrogens with one attached hydrogen (secondary N) is 1. The fourth-order valence-electron chi connectivity index (χ4n) is 1.95. The molecular weight excluding hydrogens is 239 g/mol. The largest absolute Gasteiger partial charge is 0.305 e. The predicted octanol–water partition coefficient (Wildman–Crippen LogP) is 3.69. The third-order valence-electron chi connectivity index (χ3n) is 3.23. The number of pyridine rings is 1. The summed E-state index contributed by atoms with van der Waals surface area (Å²) in [6, 6.07) is 11.4. The zero-order valence-electron chi connectivity index (χ0n) is 11.6. The highest BCUT2D eigenvalue weighted by atomic mass is 19.1. The van der Waals surface area contributed by atoms with Crippen LogP contribution in [0.15, 0.2) is 36.4 Å². The highest BCUT2D eigenvalue weighted by Crippen LogP contribution is 2.16. The predicted molar refractivity (Wildman–Crippen MR) is 75.4 cm³/mol. The van der Waals surface area contributed by atoms with E-state index in [2.05, 4.69) is 10.3 Å². The maximum absolute atomic E-state index is 13.5. The summed E-state index contributed by atoms with van der Waals surface area (Å²) in [5.74, 6) is -0.153. The highest BCUT2D eigenvalue weighted by Gasteiger charge is 2.07. The Kier molecular flexibility index (Phi) is 4.27. The molecule has 1 N–H and O–H groups in total. The topological polar surface area (TPSA) is 24.9 Å². The van der Waals surface area contributed by atoms with Gasteiger partial charge in [0, 0.05) is 18.3 Å². The second-order valence-electron chi connectivity index (χ2n) is 4.88. The van der Waals surface area contributed by atoms with Gasteiger partial charge in [-0.25, -0.2) is 4.39 Å². The molecule has 0 aliphatic carbocycles. The monoisotopic (exact) mass is 258 g/mol. The molecule has 1 aromatic heterocycles. The second-order valence-corrected chi connectivity index (χ2v) is 4.88. The van der Waals surface area contributed by atoms with Crippen molar-refractivity contribution in [1.29, 1.82) is 0 Å². The van der Waals surface area contributed by atoms with Crippen LogP contribution in [-0.2, 0) is 6.54 Å². The van der Waals surface area contributed by atoms with Gasteiger partial charge in [-0.1, -0.05) is 18.2 Å². The Morgan fingerprint density at radius 1 is 1.21 bits per heavy atom. The number of hydrogen-bond donors (Lipinski definition) is 1. The Hall–Kier alpha value is -1.74. The molecule has 3 heteroatoms. The molecule has 1 aromatic carbocycles. The molecule has 0 aliphatic rings. The van der Waals surface area contributed by atoms with Gasteiger partial charge in [0.25, 0.3) is 0 Å². The first-order valence-electron chi connectivity index (χ1n) is 6.48. The number of benzene rings is 1. The summed E-state index contributed by atoms with van der Waals surface area (Å²) >= 11 is 0. The van der Waals surface area contributed by atoms with Crippen molar-refractivity contribution in [3.05, 3.63) is 64.7 Å². The average molecular weight is 258 g/mol. The molecule has 0 fully saturated rings. The fourth-order valence-corrected chi connectivity index (χ4v) is 1.95. The molecule has 0 saturated carbocycles. The van der Waals surface area contributed by atoms with E-state index in [9.17, 15) is 4.39 Å². The first kappa shape index (κ1) is 13.7. The van der Waals surface area contributed by atoms with E-state index in [1.54, 1.807) is 13.0 Å². The molecule has 1 heterocycles. The van der Waals surface area contributed by atoms with Gasteiger partial charge in [0.1, 0.15) is 5.82 Å². The number of rotatable bonds is 4. The number of aryl methyl sites for hydroxylation is 2. The van der Waals surface area contributed by atoms with Crippen LogP contribution >= 0.6 is 0 Å². The SMILES string of the molecule is Cc1cccc(CNC(C)c2ccc(C)c(F)c2)n1. The minimum Gasteiger partial charge on any atom is -0.305 e. The van der Waals surface area contributed by atoms with Crippen LogP contribution in [0.1, 0.15) is 35.5 Å². The lowest BCUT2D eigenvalue weighted by molar-refractivity contribution is 0.557. The van der Waals surface area contributed by atoms with E-state index in [1.165, 1.54) is 0 Å². The summed E-state index contributed by atoms with van der Waals surface area (Å²) in [6.07, 6.45) is 0. The third-order valence-corrected chi connectivity index (χ3v) is 3.23. The van der Waals surface area contributed by atoms with Gasteiger partial charge in [0.05, 0.1) is 5.69 Å². The lowest BCUT2D eigenvalue weighted by Gasteiger charge is -2.14. The normalized spacial score (nSPS) is 12.4. The third kappa shape index (κ3) is 3.61. The quantitative estimate of drug-likeness (QED) is 0.904. The summed E-state index contributed by atoms with van der Waals surface area (Å²) in [5, 5.41) is 3.36. The molecule has 2 nitrogen and oxygen atoms in total. The molecule has 0 amide bonds. The number of halogens is 1. The minimum absolute atomic E-state index is 0.0948. The van der Waals surface area contributed by atoms with Crippen molar-refractivity contribution < 1.29 is 4.39 Å². The van der Waals surface area contributed by atoms with Gasteiger partial charge in [0.2, 0.25) is 0 Å². The van der Waals surface area contributed by atoms with Crippen molar-refractivity contribution in [2.45, 2.75) is 33.4 Å². The molecule has 2 aromatic rings. The van der Waals surface area contributed by atoms with Crippen LogP contribution in [0.2, 0.25) is 0 Å². The van der Waals surface area contributed by atoms with E-state index >= 15 is 0 Å². The van der Waals surface area contributed by atoms with Crippen LogP contribution in [0.5, 0.6) is 0 Å². The van der Waals surface area contributed by atoms with Gasteiger partial charge in [-0.3, -0.25) is 4.98 Å². The van der Waals surface area contributed by atoms with Crippen LogP contribution in [0.25, 0.3) is 0 Å². The van der Waals surface area contributed by atoms with Gasteiger partial charge in [-0.05, 0) is 50.1 Å². The van der Waals surface area contributed by atoms with E-state index < -0.39 is 0 Å². The molecule has 0 spiro atoms. The molecule has 1 unspecified atom stereocenters. The van der Waals surface area contributed by atoms with Gasteiger partial charge in [-0.15, -0.1) is 0 Å². The van der Waals surface area contributed by atoms with Gasteiger partial charge >= 0.3 is 0 Å². The molecule has 0 saturated heterocycles. The Balaban J connectivity index is 2.01. The van der Waals surface area contributed by atoms with Crippen LogP contribution in [-0.4, -0.2) is 4.98 Å². The smallest absolute Gasteiger partial charge is 0.126 e. The van der Waals surface area contributed by atoms with Crippen LogP contribution in [0.4, 0.5) is 4.39 Å². The van der Waals surface area contributed by atoms with Crippen LogP contribution in [0, 0.1) is 19.7 Å². The number of nitrogens with zero attached hydrogens (tertiary/aromatic N) is 1. The Bertz CT molecular complexity index is 566. The molecule has 0 radical (unpaired) electrons. The van der Waals surface area contributed by atoms with Crippen molar-refractivity contribution in [2.24, 2.45) is 0 Å². The molecule has 100 valence electrons. The second kappa shape index (κ2) is 5.93.